The summed E-state index contributed by atoms with van der Waals surface area (Å²) in [6.07, 6.45) is 7.53. The van der Waals surface area contributed by atoms with Gasteiger partial charge in [0.1, 0.15) is 0 Å². The lowest BCUT2D eigenvalue weighted by atomic mass is 10.1. The molecule has 0 amide bonds. The first-order valence-corrected chi connectivity index (χ1v) is 4.78. The molecule has 0 aromatic carbocycles. The van der Waals surface area contributed by atoms with Crippen LogP contribution in [0, 0.1) is 6.92 Å². The SMILES string of the molecule is [CH2]CCCCC(O)CCCC. The second kappa shape index (κ2) is 8.06. The van der Waals surface area contributed by atoms with Gasteiger partial charge in [-0.3, -0.25) is 0 Å². The number of unbranched alkanes of at least 4 members (excludes halogenated alkanes) is 3. The Balaban J connectivity index is 3.02. The van der Waals surface area contributed by atoms with Crippen molar-refractivity contribution in [2.24, 2.45) is 0 Å². The lowest BCUT2D eigenvalue weighted by Crippen LogP contribution is -2.05. The fraction of sp³-hybridized carbons (Fsp3) is 0.900. The summed E-state index contributed by atoms with van der Waals surface area (Å²) in [5, 5.41) is 9.39. The van der Waals surface area contributed by atoms with Crippen LogP contribution in [0.3, 0.4) is 0 Å². The van der Waals surface area contributed by atoms with E-state index in [0.29, 0.717) is 0 Å². The molecule has 1 heteroatoms. The van der Waals surface area contributed by atoms with Crippen molar-refractivity contribution >= 4 is 0 Å². The molecule has 0 aromatic heterocycles. The molecule has 1 N–H and O–H groups in total. The first kappa shape index (κ1) is 11.0. The molecule has 1 nitrogen and oxygen atoms in total. The molecule has 0 bridgehead atoms. The lowest BCUT2D eigenvalue weighted by molar-refractivity contribution is 0.148. The monoisotopic (exact) mass is 157 g/mol. The van der Waals surface area contributed by atoms with Crippen molar-refractivity contribution in [3.8, 4) is 0 Å². The highest BCUT2D eigenvalue weighted by atomic mass is 16.3. The van der Waals surface area contributed by atoms with Crippen LogP contribution in [-0.2, 0) is 0 Å². The lowest BCUT2D eigenvalue weighted by Gasteiger charge is -2.08. The van der Waals surface area contributed by atoms with Crippen LogP contribution in [0.2, 0.25) is 0 Å². The normalized spacial score (nSPS) is 13.4. The summed E-state index contributed by atoms with van der Waals surface area (Å²) >= 11 is 0. The Morgan fingerprint density at radius 2 is 1.82 bits per heavy atom. The average molecular weight is 157 g/mol. The predicted molar refractivity (Wildman–Crippen MR) is 49.4 cm³/mol. The molecular formula is C10H21O. The van der Waals surface area contributed by atoms with E-state index in [1.165, 1.54) is 6.42 Å². The van der Waals surface area contributed by atoms with Gasteiger partial charge in [-0.15, -0.1) is 0 Å². The number of aliphatic hydroxyl groups is 1. The van der Waals surface area contributed by atoms with Crippen molar-refractivity contribution in [2.75, 3.05) is 0 Å². The summed E-state index contributed by atoms with van der Waals surface area (Å²) in [5.41, 5.74) is 0. The largest absolute Gasteiger partial charge is 0.393 e. The van der Waals surface area contributed by atoms with Crippen LogP contribution in [0.1, 0.15) is 51.9 Å². The Morgan fingerprint density at radius 3 is 2.36 bits per heavy atom. The maximum atomic E-state index is 9.39. The molecule has 0 saturated heterocycles. The molecule has 0 rings (SSSR count). The van der Waals surface area contributed by atoms with Gasteiger partial charge in [0.2, 0.25) is 0 Å². The van der Waals surface area contributed by atoms with Crippen LogP contribution in [0.15, 0.2) is 0 Å². The summed E-state index contributed by atoms with van der Waals surface area (Å²) in [6, 6.07) is 0. The first-order valence-electron chi connectivity index (χ1n) is 4.78. The van der Waals surface area contributed by atoms with Gasteiger partial charge in [0.15, 0.2) is 0 Å². The summed E-state index contributed by atoms with van der Waals surface area (Å²) in [6.45, 7) is 5.92. The van der Waals surface area contributed by atoms with Crippen LogP contribution in [0.25, 0.3) is 0 Å². The standard InChI is InChI=1S/C10H21O/c1-3-5-7-9-10(11)8-6-4-2/h10-11H,1,3-9H2,2H3. The Hall–Kier alpha value is -0.0400. The van der Waals surface area contributed by atoms with E-state index in [2.05, 4.69) is 13.8 Å². The van der Waals surface area contributed by atoms with Crippen molar-refractivity contribution in [3.63, 3.8) is 0 Å². The molecule has 1 radical (unpaired) electrons. The van der Waals surface area contributed by atoms with Gasteiger partial charge in [-0.25, -0.2) is 0 Å². The maximum Gasteiger partial charge on any atom is 0.0540 e. The summed E-state index contributed by atoms with van der Waals surface area (Å²) < 4.78 is 0. The summed E-state index contributed by atoms with van der Waals surface area (Å²) in [5.74, 6) is 0. The van der Waals surface area contributed by atoms with E-state index in [0.717, 1.165) is 38.5 Å². The molecule has 0 spiro atoms. The Kier molecular flexibility index (Phi) is 8.03. The second-order valence-corrected chi connectivity index (χ2v) is 3.15. The zero-order valence-corrected chi connectivity index (χ0v) is 7.68. The van der Waals surface area contributed by atoms with E-state index in [9.17, 15) is 5.11 Å². The maximum absolute atomic E-state index is 9.39. The minimum atomic E-state index is -0.0542. The van der Waals surface area contributed by atoms with E-state index in [4.69, 9.17) is 0 Å². The van der Waals surface area contributed by atoms with Crippen molar-refractivity contribution in [1.29, 1.82) is 0 Å². The van der Waals surface area contributed by atoms with Crippen LogP contribution in [0.5, 0.6) is 0 Å². The van der Waals surface area contributed by atoms with E-state index in [-0.39, 0.29) is 6.10 Å². The molecule has 11 heavy (non-hydrogen) atoms. The third kappa shape index (κ3) is 7.86. The second-order valence-electron chi connectivity index (χ2n) is 3.15. The molecule has 1 unspecified atom stereocenters. The fourth-order valence-electron chi connectivity index (χ4n) is 1.14. The third-order valence-electron chi connectivity index (χ3n) is 1.93. The zero-order chi connectivity index (χ0) is 8.53. The van der Waals surface area contributed by atoms with Crippen molar-refractivity contribution < 1.29 is 5.11 Å². The number of aliphatic hydroxyl groups excluding tert-OH is 1. The molecule has 0 aliphatic heterocycles. The third-order valence-corrected chi connectivity index (χ3v) is 1.93. The first-order chi connectivity index (χ1) is 5.31. The number of hydrogen-bond donors (Lipinski definition) is 1. The molecule has 0 heterocycles. The topological polar surface area (TPSA) is 20.2 Å². The minimum absolute atomic E-state index is 0.0542. The van der Waals surface area contributed by atoms with Gasteiger partial charge in [-0.2, -0.15) is 0 Å². The average Bonchev–Trinajstić information content (AvgIpc) is 2.01. The Bertz CT molecular complexity index is 71.3. The van der Waals surface area contributed by atoms with Crippen LogP contribution >= 0.6 is 0 Å². The van der Waals surface area contributed by atoms with Gasteiger partial charge in [0, 0.05) is 0 Å². The van der Waals surface area contributed by atoms with Crippen LogP contribution in [0.4, 0.5) is 0 Å². The number of rotatable bonds is 7. The van der Waals surface area contributed by atoms with Gasteiger partial charge < -0.3 is 5.11 Å². The van der Waals surface area contributed by atoms with Crippen molar-refractivity contribution in [3.05, 3.63) is 6.92 Å². The van der Waals surface area contributed by atoms with Gasteiger partial charge in [-0.1, -0.05) is 46.0 Å². The van der Waals surface area contributed by atoms with E-state index < -0.39 is 0 Å². The van der Waals surface area contributed by atoms with Gasteiger partial charge >= 0.3 is 0 Å². The molecular weight excluding hydrogens is 136 g/mol. The quantitative estimate of drug-likeness (QED) is 0.563. The Morgan fingerprint density at radius 1 is 1.18 bits per heavy atom. The van der Waals surface area contributed by atoms with Crippen molar-refractivity contribution in [2.45, 2.75) is 58.0 Å². The highest BCUT2D eigenvalue weighted by molar-refractivity contribution is 4.56. The molecule has 1 atom stereocenters. The van der Waals surface area contributed by atoms with Crippen LogP contribution < -0.4 is 0 Å². The predicted octanol–water partition coefficient (Wildman–Crippen LogP) is 2.93. The molecule has 0 aromatic rings. The minimum Gasteiger partial charge on any atom is -0.393 e. The van der Waals surface area contributed by atoms with E-state index >= 15 is 0 Å². The van der Waals surface area contributed by atoms with Gasteiger partial charge in [0.25, 0.3) is 0 Å². The van der Waals surface area contributed by atoms with Crippen molar-refractivity contribution in [1.82, 2.24) is 0 Å². The molecule has 0 saturated carbocycles. The zero-order valence-electron chi connectivity index (χ0n) is 7.68. The Labute approximate surface area is 70.8 Å². The van der Waals surface area contributed by atoms with E-state index in [1.807, 2.05) is 0 Å². The van der Waals surface area contributed by atoms with Gasteiger partial charge in [-0.05, 0) is 12.8 Å². The highest BCUT2D eigenvalue weighted by Crippen LogP contribution is 2.08. The molecule has 0 aliphatic carbocycles. The summed E-state index contributed by atoms with van der Waals surface area (Å²) in [4.78, 5) is 0. The summed E-state index contributed by atoms with van der Waals surface area (Å²) in [7, 11) is 0. The fourth-order valence-corrected chi connectivity index (χ4v) is 1.14. The molecule has 0 aliphatic rings. The smallest absolute Gasteiger partial charge is 0.0540 e. The molecule has 67 valence electrons. The van der Waals surface area contributed by atoms with E-state index in [1.54, 1.807) is 0 Å². The molecule has 0 fully saturated rings. The van der Waals surface area contributed by atoms with Gasteiger partial charge in [0.05, 0.1) is 6.10 Å². The highest BCUT2D eigenvalue weighted by Gasteiger charge is 2.01. The van der Waals surface area contributed by atoms with Crippen LogP contribution in [-0.4, -0.2) is 11.2 Å². The number of hydrogen-bond acceptors (Lipinski definition) is 1.